The highest BCUT2D eigenvalue weighted by molar-refractivity contribution is 7.85. The van der Waals surface area contributed by atoms with E-state index >= 15 is 0 Å². The van der Waals surface area contributed by atoms with E-state index in [-0.39, 0.29) is 11.9 Å². The van der Waals surface area contributed by atoms with Crippen LogP contribution in [0.15, 0.2) is 0 Å². The van der Waals surface area contributed by atoms with E-state index in [9.17, 15) is 9.00 Å². The summed E-state index contributed by atoms with van der Waals surface area (Å²) in [6.45, 7) is 7.96. The molecular weight excluding hydrogens is 200 g/mol. The zero-order valence-electron chi connectivity index (χ0n) is 9.41. The van der Waals surface area contributed by atoms with E-state index in [0.29, 0.717) is 24.0 Å². The summed E-state index contributed by atoms with van der Waals surface area (Å²) in [5, 5.41) is 0. The first-order valence-corrected chi connectivity index (χ1v) is 6.47. The summed E-state index contributed by atoms with van der Waals surface area (Å²) >= 11 is 0. The molecule has 0 amide bonds. The molecule has 0 saturated carbocycles. The van der Waals surface area contributed by atoms with Crippen LogP contribution in [-0.2, 0) is 20.3 Å². The van der Waals surface area contributed by atoms with Crippen molar-refractivity contribution in [2.75, 3.05) is 18.1 Å². The van der Waals surface area contributed by atoms with Crippen LogP contribution < -0.4 is 0 Å². The van der Waals surface area contributed by atoms with Crippen LogP contribution >= 0.6 is 0 Å². The van der Waals surface area contributed by atoms with Gasteiger partial charge in [0.2, 0.25) is 0 Å². The summed E-state index contributed by atoms with van der Waals surface area (Å²) in [6.07, 6.45) is 0. The van der Waals surface area contributed by atoms with Crippen LogP contribution in [0.2, 0.25) is 0 Å². The molecule has 0 heterocycles. The van der Waals surface area contributed by atoms with Gasteiger partial charge in [-0.2, -0.15) is 0 Å². The fraction of sp³-hybridized carbons (Fsp3) is 0.900. The van der Waals surface area contributed by atoms with E-state index in [1.54, 1.807) is 13.8 Å². The molecule has 3 nitrogen and oxygen atoms in total. The molecule has 14 heavy (non-hydrogen) atoms. The third-order valence-corrected chi connectivity index (χ3v) is 3.55. The van der Waals surface area contributed by atoms with Gasteiger partial charge in [-0.3, -0.25) is 9.00 Å². The zero-order valence-corrected chi connectivity index (χ0v) is 10.2. The molecule has 0 spiro atoms. The minimum absolute atomic E-state index is 0.246. The third-order valence-electron chi connectivity index (χ3n) is 1.64. The smallest absolute Gasteiger partial charge is 0.309 e. The van der Waals surface area contributed by atoms with Crippen molar-refractivity contribution in [3.63, 3.8) is 0 Å². The lowest BCUT2D eigenvalue weighted by Crippen LogP contribution is -2.22. The number of hydrogen-bond acceptors (Lipinski definition) is 3. The SMILES string of the molecule is CCOC(=O)C(C)CS(=O)CC(C)C. The molecule has 0 saturated heterocycles. The van der Waals surface area contributed by atoms with Gasteiger partial charge in [0.1, 0.15) is 0 Å². The Morgan fingerprint density at radius 2 is 1.86 bits per heavy atom. The van der Waals surface area contributed by atoms with Gasteiger partial charge < -0.3 is 4.74 Å². The number of carbonyl (C=O) groups excluding carboxylic acids is 1. The number of esters is 1. The van der Waals surface area contributed by atoms with Crippen LogP contribution in [0.25, 0.3) is 0 Å². The van der Waals surface area contributed by atoms with E-state index in [0.717, 1.165) is 0 Å². The van der Waals surface area contributed by atoms with Crippen molar-refractivity contribution >= 4 is 16.8 Å². The molecule has 2 atom stereocenters. The van der Waals surface area contributed by atoms with Crippen LogP contribution in [0.1, 0.15) is 27.7 Å². The third kappa shape index (κ3) is 6.13. The molecule has 4 heteroatoms. The van der Waals surface area contributed by atoms with E-state index < -0.39 is 10.8 Å². The summed E-state index contributed by atoms with van der Waals surface area (Å²) in [5.74, 6) is 0.977. The minimum Gasteiger partial charge on any atom is -0.466 e. The fourth-order valence-corrected chi connectivity index (χ4v) is 2.64. The van der Waals surface area contributed by atoms with Gasteiger partial charge in [-0.1, -0.05) is 20.8 Å². The first-order valence-electron chi connectivity index (χ1n) is 4.99. The predicted molar refractivity (Wildman–Crippen MR) is 58.5 cm³/mol. The Morgan fingerprint density at radius 1 is 1.29 bits per heavy atom. The van der Waals surface area contributed by atoms with Gasteiger partial charge in [0.05, 0.1) is 12.5 Å². The molecule has 0 aliphatic carbocycles. The molecular formula is C10H20O3S. The Labute approximate surface area is 88.7 Å². The van der Waals surface area contributed by atoms with Gasteiger partial charge in [-0.25, -0.2) is 0 Å². The van der Waals surface area contributed by atoms with E-state index in [4.69, 9.17) is 4.74 Å². The Morgan fingerprint density at radius 3 is 2.29 bits per heavy atom. The quantitative estimate of drug-likeness (QED) is 0.638. The summed E-state index contributed by atoms with van der Waals surface area (Å²) in [6, 6.07) is 0. The van der Waals surface area contributed by atoms with Crippen molar-refractivity contribution < 1.29 is 13.7 Å². The minimum atomic E-state index is -0.905. The van der Waals surface area contributed by atoms with Gasteiger partial charge in [0.25, 0.3) is 0 Å². The van der Waals surface area contributed by atoms with E-state index in [2.05, 4.69) is 0 Å². The molecule has 2 unspecified atom stereocenters. The van der Waals surface area contributed by atoms with Crippen LogP contribution in [-0.4, -0.2) is 28.3 Å². The summed E-state index contributed by atoms with van der Waals surface area (Å²) < 4.78 is 16.3. The summed E-state index contributed by atoms with van der Waals surface area (Å²) in [7, 11) is -0.905. The van der Waals surface area contributed by atoms with Crippen LogP contribution in [0.4, 0.5) is 0 Å². The topological polar surface area (TPSA) is 43.4 Å². The highest BCUT2D eigenvalue weighted by atomic mass is 32.2. The first-order chi connectivity index (χ1) is 6.47. The lowest BCUT2D eigenvalue weighted by atomic mass is 10.2. The highest BCUT2D eigenvalue weighted by Crippen LogP contribution is 2.04. The van der Waals surface area contributed by atoms with Gasteiger partial charge in [0.15, 0.2) is 0 Å². The van der Waals surface area contributed by atoms with E-state index in [1.165, 1.54) is 0 Å². The number of rotatable bonds is 6. The van der Waals surface area contributed by atoms with Crippen molar-refractivity contribution in [1.82, 2.24) is 0 Å². The summed E-state index contributed by atoms with van der Waals surface area (Å²) in [5.41, 5.74) is 0. The molecule has 0 aromatic rings. The molecule has 0 rings (SSSR count). The lowest BCUT2D eigenvalue weighted by Gasteiger charge is -2.10. The highest BCUT2D eigenvalue weighted by Gasteiger charge is 2.17. The molecule has 0 aromatic carbocycles. The zero-order chi connectivity index (χ0) is 11.1. The van der Waals surface area contributed by atoms with E-state index in [1.807, 2.05) is 13.8 Å². The molecule has 0 fully saturated rings. The Kier molecular flexibility index (Phi) is 6.79. The number of carbonyl (C=O) groups is 1. The van der Waals surface area contributed by atoms with Crippen LogP contribution in [0, 0.1) is 11.8 Å². The fourth-order valence-electron chi connectivity index (χ4n) is 1.07. The number of hydrogen-bond donors (Lipinski definition) is 0. The number of ether oxygens (including phenoxy) is 1. The second kappa shape index (κ2) is 6.98. The Hall–Kier alpha value is -0.380. The average molecular weight is 220 g/mol. The largest absolute Gasteiger partial charge is 0.466 e. The second-order valence-electron chi connectivity index (χ2n) is 3.82. The van der Waals surface area contributed by atoms with Gasteiger partial charge in [-0.05, 0) is 12.8 Å². The Bertz CT molecular complexity index is 202. The standard InChI is InChI=1S/C10H20O3S/c1-5-13-10(11)9(4)7-14(12)6-8(2)3/h8-9H,5-7H2,1-4H3. The van der Waals surface area contributed by atoms with Crippen molar-refractivity contribution in [2.45, 2.75) is 27.7 Å². The van der Waals surface area contributed by atoms with Crippen molar-refractivity contribution in [3.05, 3.63) is 0 Å². The van der Waals surface area contributed by atoms with Crippen molar-refractivity contribution in [2.24, 2.45) is 11.8 Å². The molecule has 0 aliphatic heterocycles. The van der Waals surface area contributed by atoms with Crippen molar-refractivity contribution in [1.29, 1.82) is 0 Å². The van der Waals surface area contributed by atoms with Gasteiger partial charge in [0, 0.05) is 22.3 Å². The first kappa shape index (κ1) is 13.6. The lowest BCUT2D eigenvalue weighted by molar-refractivity contribution is -0.146. The molecule has 0 aromatic heterocycles. The normalized spacial score (nSPS) is 15.2. The summed E-state index contributed by atoms with van der Waals surface area (Å²) in [4.78, 5) is 11.2. The van der Waals surface area contributed by atoms with Gasteiger partial charge >= 0.3 is 5.97 Å². The monoisotopic (exact) mass is 220 g/mol. The maximum absolute atomic E-state index is 11.5. The maximum Gasteiger partial charge on any atom is 0.309 e. The van der Waals surface area contributed by atoms with Crippen LogP contribution in [0.5, 0.6) is 0 Å². The molecule has 84 valence electrons. The van der Waals surface area contributed by atoms with Gasteiger partial charge in [-0.15, -0.1) is 0 Å². The average Bonchev–Trinajstić information content (AvgIpc) is 2.02. The van der Waals surface area contributed by atoms with Crippen LogP contribution in [0.3, 0.4) is 0 Å². The maximum atomic E-state index is 11.5. The molecule has 0 N–H and O–H groups in total. The second-order valence-corrected chi connectivity index (χ2v) is 5.37. The molecule has 0 aliphatic rings. The molecule has 0 radical (unpaired) electrons. The predicted octanol–water partition coefficient (Wildman–Crippen LogP) is 1.59. The molecule has 0 bridgehead atoms. The van der Waals surface area contributed by atoms with Crippen molar-refractivity contribution in [3.8, 4) is 0 Å². The Balaban J connectivity index is 3.87.